The fraction of sp³-hybridized carbons (Fsp3) is 0.294. The molecular weight excluding hydrogens is 312 g/mol. The minimum Gasteiger partial charge on any atom is -0.367 e. The van der Waals surface area contributed by atoms with Gasteiger partial charge in [-0.3, -0.25) is 9.59 Å². The van der Waals surface area contributed by atoms with Crippen LogP contribution in [0.25, 0.3) is 0 Å². The first-order valence-electron chi connectivity index (χ1n) is 7.39. The van der Waals surface area contributed by atoms with Gasteiger partial charge < -0.3 is 15.4 Å². The first-order valence-corrected chi connectivity index (χ1v) is 8.27. The molecule has 0 aliphatic carbocycles. The van der Waals surface area contributed by atoms with Crippen molar-refractivity contribution in [3.8, 4) is 0 Å². The van der Waals surface area contributed by atoms with Gasteiger partial charge in [-0.2, -0.15) is 0 Å². The molecule has 1 aromatic heterocycles. The Morgan fingerprint density at radius 1 is 1.09 bits per heavy atom. The van der Waals surface area contributed by atoms with E-state index in [1.54, 1.807) is 6.07 Å². The number of amides is 2. The number of carbonyl (C=O) groups excluding carboxylic acids is 2. The van der Waals surface area contributed by atoms with E-state index < -0.39 is 6.10 Å². The summed E-state index contributed by atoms with van der Waals surface area (Å²) in [5.74, 6) is -0.256. The van der Waals surface area contributed by atoms with Crippen LogP contribution < -0.4 is 10.6 Å². The van der Waals surface area contributed by atoms with Crippen molar-refractivity contribution in [3.05, 3.63) is 58.3 Å². The smallest absolute Gasteiger partial charge is 0.261 e. The van der Waals surface area contributed by atoms with Gasteiger partial charge in [0, 0.05) is 20.2 Å². The summed E-state index contributed by atoms with van der Waals surface area (Å²) >= 11 is 1.41. The molecule has 0 radical (unpaired) electrons. The second-order valence-corrected chi connectivity index (χ2v) is 5.85. The summed E-state index contributed by atoms with van der Waals surface area (Å²) < 4.78 is 5.26. The number of nitrogens with one attached hydrogen (secondary N) is 2. The molecule has 2 amide bonds. The number of thiophene rings is 1. The fourth-order valence-electron chi connectivity index (χ4n) is 2.11. The van der Waals surface area contributed by atoms with Crippen LogP contribution in [0.2, 0.25) is 0 Å². The van der Waals surface area contributed by atoms with Crippen LogP contribution in [0.4, 0.5) is 0 Å². The molecule has 0 saturated carbocycles. The zero-order chi connectivity index (χ0) is 16.5. The lowest BCUT2D eigenvalue weighted by Gasteiger charge is -2.15. The standard InChI is InChI=1S/C17H20N2O3S/c1-22-15(13-7-3-2-4-8-13)17(21)19-11-6-10-18-16(20)14-9-5-12-23-14/h2-5,7-9,12,15H,6,10-11H2,1H3,(H,18,20)(H,19,21)/t15-/m1/s1. The van der Waals surface area contributed by atoms with Crippen LogP contribution in [-0.2, 0) is 9.53 Å². The van der Waals surface area contributed by atoms with Gasteiger partial charge in [-0.05, 0) is 23.4 Å². The highest BCUT2D eigenvalue weighted by atomic mass is 32.1. The lowest BCUT2D eigenvalue weighted by atomic mass is 10.1. The number of ether oxygens (including phenoxy) is 1. The summed E-state index contributed by atoms with van der Waals surface area (Å²) in [5, 5.41) is 7.52. The van der Waals surface area contributed by atoms with Gasteiger partial charge in [0.05, 0.1) is 4.88 Å². The Kier molecular flexibility index (Phi) is 6.77. The van der Waals surface area contributed by atoms with Gasteiger partial charge >= 0.3 is 0 Å². The maximum Gasteiger partial charge on any atom is 0.261 e. The van der Waals surface area contributed by atoms with Gasteiger partial charge in [-0.25, -0.2) is 0 Å². The molecule has 2 rings (SSSR count). The monoisotopic (exact) mass is 332 g/mol. The van der Waals surface area contributed by atoms with E-state index in [1.807, 2.05) is 41.8 Å². The molecule has 0 aliphatic heterocycles. The summed E-state index contributed by atoms with van der Waals surface area (Å²) in [6.45, 7) is 0.996. The second-order valence-electron chi connectivity index (χ2n) is 4.90. The second kappa shape index (κ2) is 9.07. The third kappa shape index (κ3) is 5.19. The average molecular weight is 332 g/mol. The van der Waals surface area contributed by atoms with Crippen molar-refractivity contribution in [3.63, 3.8) is 0 Å². The molecule has 1 aromatic carbocycles. The maximum atomic E-state index is 12.1. The Balaban J connectivity index is 1.69. The molecule has 1 heterocycles. The molecule has 2 aromatic rings. The third-order valence-electron chi connectivity index (χ3n) is 3.26. The van der Waals surface area contributed by atoms with Gasteiger partial charge in [0.2, 0.25) is 0 Å². The van der Waals surface area contributed by atoms with Crippen molar-refractivity contribution >= 4 is 23.2 Å². The Bertz CT molecular complexity index is 614. The first kappa shape index (κ1) is 17.2. The van der Waals surface area contributed by atoms with Gasteiger partial charge in [-0.15, -0.1) is 11.3 Å². The first-order chi connectivity index (χ1) is 11.2. The summed E-state index contributed by atoms with van der Waals surface area (Å²) in [4.78, 5) is 24.6. The van der Waals surface area contributed by atoms with E-state index >= 15 is 0 Å². The molecule has 0 fully saturated rings. The van der Waals surface area contributed by atoms with Crippen molar-refractivity contribution in [1.29, 1.82) is 0 Å². The molecule has 0 bridgehead atoms. The number of carbonyl (C=O) groups is 2. The quantitative estimate of drug-likeness (QED) is 0.729. The van der Waals surface area contributed by atoms with E-state index in [0.29, 0.717) is 24.4 Å². The zero-order valence-corrected chi connectivity index (χ0v) is 13.8. The van der Waals surface area contributed by atoms with E-state index in [4.69, 9.17) is 4.74 Å². The number of methoxy groups -OCH3 is 1. The molecule has 0 unspecified atom stereocenters. The van der Waals surface area contributed by atoms with Crippen LogP contribution in [0.5, 0.6) is 0 Å². The molecule has 23 heavy (non-hydrogen) atoms. The lowest BCUT2D eigenvalue weighted by molar-refractivity contribution is -0.131. The summed E-state index contributed by atoms with van der Waals surface area (Å²) in [5.41, 5.74) is 0.818. The van der Waals surface area contributed by atoms with Crippen LogP contribution in [0.3, 0.4) is 0 Å². The van der Waals surface area contributed by atoms with Crippen LogP contribution in [0.15, 0.2) is 47.8 Å². The Hall–Kier alpha value is -2.18. The highest BCUT2D eigenvalue weighted by Gasteiger charge is 2.18. The predicted molar refractivity (Wildman–Crippen MR) is 90.5 cm³/mol. The summed E-state index contributed by atoms with van der Waals surface area (Å²) in [6.07, 6.45) is 0.0468. The van der Waals surface area contributed by atoms with Crippen molar-refractivity contribution in [2.24, 2.45) is 0 Å². The number of rotatable bonds is 8. The Labute approximate surface area is 139 Å². The molecule has 0 spiro atoms. The highest BCUT2D eigenvalue weighted by Crippen LogP contribution is 2.15. The van der Waals surface area contributed by atoms with Crippen molar-refractivity contribution < 1.29 is 14.3 Å². The Morgan fingerprint density at radius 3 is 2.48 bits per heavy atom. The van der Waals surface area contributed by atoms with Gasteiger partial charge in [-0.1, -0.05) is 36.4 Å². The van der Waals surface area contributed by atoms with Crippen molar-refractivity contribution in [2.45, 2.75) is 12.5 Å². The largest absolute Gasteiger partial charge is 0.367 e. The minimum absolute atomic E-state index is 0.0784. The summed E-state index contributed by atoms with van der Waals surface area (Å²) in [7, 11) is 1.51. The minimum atomic E-state index is -0.614. The SMILES string of the molecule is CO[C@@H](C(=O)NCCCNC(=O)c1cccs1)c1ccccc1. The van der Waals surface area contributed by atoms with Crippen LogP contribution in [0, 0.1) is 0 Å². The number of benzene rings is 1. The summed E-state index contributed by atoms with van der Waals surface area (Å²) in [6, 6.07) is 13.0. The van der Waals surface area contributed by atoms with E-state index in [9.17, 15) is 9.59 Å². The van der Waals surface area contributed by atoms with Crippen LogP contribution in [0.1, 0.15) is 27.8 Å². The number of hydrogen-bond donors (Lipinski definition) is 2. The van der Waals surface area contributed by atoms with E-state index in [2.05, 4.69) is 10.6 Å². The molecular formula is C17H20N2O3S. The lowest BCUT2D eigenvalue weighted by Crippen LogP contribution is -2.33. The van der Waals surface area contributed by atoms with Gasteiger partial charge in [0.15, 0.2) is 6.10 Å². The van der Waals surface area contributed by atoms with Gasteiger partial charge in [0.1, 0.15) is 0 Å². The molecule has 0 saturated heterocycles. The van der Waals surface area contributed by atoms with E-state index in [0.717, 1.165) is 5.56 Å². The van der Waals surface area contributed by atoms with Gasteiger partial charge in [0.25, 0.3) is 11.8 Å². The average Bonchev–Trinajstić information content (AvgIpc) is 3.10. The topological polar surface area (TPSA) is 67.4 Å². The van der Waals surface area contributed by atoms with Crippen LogP contribution >= 0.6 is 11.3 Å². The van der Waals surface area contributed by atoms with E-state index in [-0.39, 0.29) is 11.8 Å². The third-order valence-corrected chi connectivity index (χ3v) is 4.13. The molecule has 2 N–H and O–H groups in total. The predicted octanol–water partition coefficient (Wildman–Crippen LogP) is 2.37. The van der Waals surface area contributed by atoms with Crippen molar-refractivity contribution in [2.75, 3.05) is 20.2 Å². The Morgan fingerprint density at radius 2 is 1.83 bits per heavy atom. The molecule has 122 valence electrons. The maximum absolute atomic E-state index is 12.1. The van der Waals surface area contributed by atoms with Crippen LogP contribution in [-0.4, -0.2) is 32.0 Å². The normalized spacial score (nSPS) is 11.7. The molecule has 6 heteroatoms. The van der Waals surface area contributed by atoms with E-state index in [1.165, 1.54) is 18.4 Å². The van der Waals surface area contributed by atoms with Crippen molar-refractivity contribution in [1.82, 2.24) is 10.6 Å². The highest BCUT2D eigenvalue weighted by molar-refractivity contribution is 7.12. The fourth-order valence-corrected chi connectivity index (χ4v) is 2.75. The number of hydrogen-bond acceptors (Lipinski definition) is 4. The molecule has 5 nitrogen and oxygen atoms in total. The molecule has 0 aliphatic rings. The zero-order valence-electron chi connectivity index (χ0n) is 13.0. The molecule has 1 atom stereocenters.